The molecule has 1 atom stereocenters. The maximum absolute atomic E-state index is 5.98. The second-order valence-corrected chi connectivity index (χ2v) is 8.80. The summed E-state index contributed by atoms with van der Waals surface area (Å²) in [5.74, 6) is 0. The lowest BCUT2D eigenvalue weighted by Crippen LogP contribution is -2.30. The van der Waals surface area contributed by atoms with Gasteiger partial charge in [0.15, 0.2) is 10.6 Å². The number of alkyl halides is 5. The molecule has 1 unspecified atom stereocenters. The van der Waals surface area contributed by atoms with Crippen LogP contribution in [0.25, 0.3) is 0 Å². The molecule has 0 aromatic rings. The van der Waals surface area contributed by atoms with Gasteiger partial charge in [-0.05, 0) is 32.1 Å². The Morgan fingerprint density at radius 1 is 0.950 bits per heavy atom. The average molecular weight is 387 g/mol. The fraction of sp³-hybridized carbons (Fsp3) is 1.00. The molecule has 0 aliphatic carbocycles. The van der Waals surface area contributed by atoms with Crippen molar-refractivity contribution in [3.8, 4) is 0 Å². The molecule has 1 fully saturated rings. The van der Waals surface area contributed by atoms with Gasteiger partial charge in [0.2, 0.25) is 3.79 Å². The highest BCUT2D eigenvalue weighted by molar-refractivity contribution is 6.75. The lowest BCUT2D eigenvalue weighted by Gasteiger charge is -2.27. The quantitative estimate of drug-likeness (QED) is 0.375. The Morgan fingerprint density at radius 3 is 2.25 bits per heavy atom. The van der Waals surface area contributed by atoms with E-state index in [4.69, 9.17) is 67.5 Å². The standard InChI is InChI=1S/C13H21Cl5O2/c14-12(15,13(16,17)18)8-4-1-2-5-9-19-11-7-3-6-10-20-11/h11H,1-10H2. The first-order chi connectivity index (χ1) is 9.33. The van der Waals surface area contributed by atoms with E-state index in [2.05, 4.69) is 0 Å². The molecule has 1 heterocycles. The molecule has 1 saturated heterocycles. The Bertz CT molecular complexity index is 262. The molecule has 0 radical (unpaired) electrons. The van der Waals surface area contributed by atoms with Crippen LogP contribution in [0.2, 0.25) is 0 Å². The Kier molecular flexibility index (Phi) is 9.22. The topological polar surface area (TPSA) is 18.5 Å². The molecule has 120 valence electrons. The summed E-state index contributed by atoms with van der Waals surface area (Å²) in [4.78, 5) is 0. The molecule has 1 rings (SSSR count). The van der Waals surface area contributed by atoms with Crippen LogP contribution < -0.4 is 0 Å². The van der Waals surface area contributed by atoms with Crippen molar-refractivity contribution in [3.63, 3.8) is 0 Å². The van der Waals surface area contributed by atoms with Gasteiger partial charge in [-0.15, -0.1) is 0 Å². The van der Waals surface area contributed by atoms with Crippen LogP contribution in [0.3, 0.4) is 0 Å². The summed E-state index contributed by atoms with van der Waals surface area (Å²) in [6.07, 6.45) is 7.62. The Labute approximate surface area is 146 Å². The highest BCUT2D eigenvalue weighted by Crippen LogP contribution is 2.48. The van der Waals surface area contributed by atoms with Gasteiger partial charge in [0, 0.05) is 13.2 Å². The predicted molar refractivity (Wildman–Crippen MR) is 87.4 cm³/mol. The highest BCUT2D eigenvalue weighted by atomic mass is 35.6. The van der Waals surface area contributed by atoms with Crippen molar-refractivity contribution in [2.75, 3.05) is 13.2 Å². The van der Waals surface area contributed by atoms with Crippen molar-refractivity contribution in [1.29, 1.82) is 0 Å². The van der Waals surface area contributed by atoms with Gasteiger partial charge in [-0.2, -0.15) is 0 Å². The molecule has 7 heteroatoms. The minimum Gasteiger partial charge on any atom is -0.353 e. The van der Waals surface area contributed by atoms with Crippen molar-refractivity contribution in [2.24, 2.45) is 0 Å². The van der Waals surface area contributed by atoms with E-state index in [1.807, 2.05) is 0 Å². The van der Waals surface area contributed by atoms with E-state index >= 15 is 0 Å². The van der Waals surface area contributed by atoms with Crippen molar-refractivity contribution in [2.45, 2.75) is 65.8 Å². The molecule has 2 nitrogen and oxygen atoms in total. The molecule has 0 aromatic carbocycles. The molecular formula is C13H21Cl5O2. The van der Waals surface area contributed by atoms with Gasteiger partial charge in [0.05, 0.1) is 0 Å². The first-order valence-electron chi connectivity index (χ1n) is 7.01. The Balaban J connectivity index is 1.97. The van der Waals surface area contributed by atoms with Gasteiger partial charge < -0.3 is 9.47 Å². The fourth-order valence-electron chi connectivity index (χ4n) is 2.00. The van der Waals surface area contributed by atoms with E-state index in [0.717, 1.165) is 51.7 Å². The van der Waals surface area contributed by atoms with E-state index in [1.165, 1.54) is 6.42 Å². The first-order valence-corrected chi connectivity index (χ1v) is 8.90. The number of halogens is 5. The molecule has 1 aliphatic rings. The maximum atomic E-state index is 5.98. The predicted octanol–water partition coefficient (Wildman–Crippen LogP) is 6.02. The molecule has 0 saturated carbocycles. The molecule has 1 aliphatic heterocycles. The van der Waals surface area contributed by atoms with Crippen LogP contribution in [0.1, 0.15) is 51.4 Å². The van der Waals surface area contributed by atoms with E-state index in [9.17, 15) is 0 Å². The normalized spacial score (nSPS) is 21.1. The monoisotopic (exact) mass is 384 g/mol. The Hall–Kier alpha value is 1.37. The second kappa shape index (κ2) is 9.50. The lowest BCUT2D eigenvalue weighted by atomic mass is 10.1. The van der Waals surface area contributed by atoms with Crippen LogP contribution in [0, 0.1) is 0 Å². The number of rotatable bonds is 8. The molecule has 20 heavy (non-hydrogen) atoms. The van der Waals surface area contributed by atoms with E-state index in [0.29, 0.717) is 6.42 Å². The minimum absolute atomic E-state index is 0.00792. The van der Waals surface area contributed by atoms with Crippen LogP contribution in [0.5, 0.6) is 0 Å². The molecule has 0 bridgehead atoms. The van der Waals surface area contributed by atoms with Crippen LogP contribution in [-0.4, -0.2) is 27.6 Å². The molecule has 0 aromatic heterocycles. The van der Waals surface area contributed by atoms with Gasteiger partial charge in [0.1, 0.15) is 0 Å². The summed E-state index contributed by atoms with van der Waals surface area (Å²) in [5.41, 5.74) is 0. The number of hydrogen-bond acceptors (Lipinski definition) is 2. The molecule has 0 amide bonds. The minimum atomic E-state index is -1.66. The maximum Gasteiger partial charge on any atom is 0.223 e. The smallest absolute Gasteiger partial charge is 0.223 e. The van der Waals surface area contributed by atoms with Crippen molar-refractivity contribution in [1.82, 2.24) is 0 Å². The summed E-state index contributed by atoms with van der Waals surface area (Å²) in [5, 5.41) is 0. The SMILES string of the molecule is ClC(Cl)(Cl)C(Cl)(Cl)CCCCCCOC1CCCCO1. The number of unbranched alkanes of at least 4 members (excludes halogenated alkanes) is 3. The summed E-state index contributed by atoms with van der Waals surface area (Å²) in [6, 6.07) is 0. The fourth-order valence-corrected chi connectivity index (χ4v) is 2.55. The van der Waals surface area contributed by atoms with Gasteiger partial charge in [0.25, 0.3) is 0 Å². The largest absolute Gasteiger partial charge is 0.353 e. The van der Waals surface area contributed by atoms with Crippen LogP contribution in [0.15, 0.2) is 0 Å². The van der Waals surface area contributed by atoms with Crippen LogP contribution in [0.4, 0.5) is 0 Å². The van der Waals surface area contributed by atoms with Crippen molar-refractivity contribution >= 4 is 58.0 Å². The zero-order valence-corrected chi connectivity index (χ0v) is 15.1. The zero-order chi connectivity index (χ0) is 15.1. The molecule has 0 spiro atoms. The number of ether oxygens (including phenoxy) is 2. The zero-order valence-electron chi connectivity index (χ0n) is 11.4. The lowest BCUT2D eigenvalue weighted by molar-refractivity contribution is -0.162. The first kappa shape index (κ1) is 19.4. The third-order valence-corrected chi connectivity index (χ3v) is 5.73. The van der Waals surface area contributed by atoms with E-state index in [-0.39, 0.29) is 6.29 Å². The summed E-state index contributed by atoms with van der Waals surface area (Å²) in [6.45, 7) is 1.54. The van der Waals surface area contributed by atoms with Crippen LogP contribution >= 0.6 is 58.0 Å². The van der Waals surface area contributed by atoms with Crippen molar-refractivity contribution in [3.05, 3.63) is 0 Å². The van der Waals surface area contributed by atoms with Gasteiger partial charge >= 0.3 is 0 Å². The summed E-state index contributed by atoms with van der Waals surface area (Å²) in [7, 11) is 0. The van der Waals surface area contributed by atoms with Crippen LogP contribution in [-0.2, 0) is 9.47 Å². The van der Waals surface area contributed by atoms with Gasteiger partial charge in [-0.3, -0.25) is 0 Å². The summed E-state index contributed by atoms with van der Waals surface area (Å²) < 4.78 is 8.15. The third kappa shape index (κ3) is 7.58. The number of hydrogen-bond donors (Lipinski definition) is 0. The average Bonchev–Trinajstić information content (AvgIpc) is 2.37. The Morgan fingerprint density at radius 2 is 1.65 bits per heavy atom. The van der Waals surface area contributed by atoms with E-state index < -0.39 is 8.13 Å². The highest BCUT2D eigenvalue weighted by Gasteiger charge is 2.44. The molecule has 0 N–H and O–H groups in total. The molecular weight excluding hydrogens is 365 g/mol. The van der Waals surface area contributed by atoms with Gasteiger partial charge in [-0.1, -0.05) is 77.3 Å². The summed E-state index contributed by atoms with van der Waals surface area (Å²) >= 11 is 29.1. The van der Waals surface area contributed by atoms with Gasteiger partial charge in [-0.25, -0.2) is 0 Å². The van der Waals surface area contributed by atoms with E-state index in [1.54, 1.807) is 0 Å². The third-order valence-electron chi connectivity index (χ3n) is 3.24. The van der Waals surface area contributed by atoms with Crippen molar-refractivity contribution < 1.29 is 9.47 Å². The second-order valence-electron chi connectivity index (χ2n) is 5.03.